The lowest BCUT2D eigenvalue weighted by Gasteiger charge is -2.06. The second-order valence-corrected chi connectivity index (χ2v) is 8.20. The van der Waals surface area contributed by atoms with Gasteiger partial charge in [-0.3, -0.25) is 18.7 Å². The van der Waals surface area contributed by atoms with E-state index in [-0.39, 0.29) is 11.4 Å². The monoisotopic (exact) mass is 407 g/mol. The lowest BCUT2D eigenvalue weighted by molar-refractivity contribution is -0.120. The van der Waals surface area contributed by atoms with Gasteiger partial charge in [-0.05, 0) is 17.9 Å². The number of nitrogens with one attached hydrogen (secondary N) is 1. The van der Waals surface area contributed by atoms with Crippen molar-refractivity contribution in [2.75, 3.05) is 12.3 Å². The summed E-state index contributed by atoms with van der Waals surface area (Å²) >= 11 is 3.07. The Morgan fingerprint density at radius 1 is 1.22 bits per heavy atom. The molecule has 0 spiro atoms. The molecule has 1 amide bonds. The Bertz CT molecular complexity index is 1080. The van der Waals surface area contributed by atoms with Gasteiger partial charge in [0.15, 0.2) is 16.3 Å². The third-order valence-electron chi connectivity index (χ3n) is 4.26. The molecule has 8 nitrogen and oxygen atoms in total. The standard InChI is InChI=1S/C17H21N5O3S2/c1-20-14-13(15(24)22(3)17(25)21(14)2)19-16(20)27-10-7-12(23)18-8-6-11-5-4-9-26-11/h4-5,9H,6-8,10H2,1-3H3,(H,18,23). The van der Waals surface area contributed by atoms with Gasteiger partial charge >= 0.3 is 5.69 Å². The van der Waals surface area contributed by atoms with Gasteiger partial charge in [-0.15, -0.1) is 11.3 Å². The fraction of sp³-hybridized carbons (Fsp3) is 0.412. The number of aromatic nitrogens is 4. The van der Waals surface area contributed by atoms with Crippen molar-refractivity contribution in [3.8, 4) is 0 Å². The number of aryl methyl sites for hydroxylation is 2. The summed E-state index contributed by atoms with van der Waals surface area (Å²) < 4.78 is 4.17. The van der Waals surface area contributed by atoms with E-state index in [9.17, 15) is 14.4 Å². The Kier molecular flexibility index (Phi) is 5.85. The Labute approximate surface area is 163 Å². The summed E-state index contributed by atoms with van der Waals surface area (Å²) in [5, 5.41) is 5.54. The van der Waals surface area contributed by atoms with Crippen molar-refractivity contribution in [2.45, 2.75) is 18.0 Å². The number of carbonyl (C=O) groups is 1. The van der Waals surface area contributed by atoms with Gasteiger partial charge in [0.25, 0.3) is 5.56 Å². The number of nitrogens with zero attached hydrogens (tertiary/aromatic N) is 4. The predicted octanol–water partition coefficient (Wildman–Crippen LogP) is 0.873. The third kappa shape index (κ3) is 4.01. The van der Waals surface area contributed by atoms with Crippen LogP contribution in [0.5, 0.6) is 0 Å². The molecule has 0 aliphatic rings. The molecule has 0 aliphatic heterocycles. The van der Waals surface area contributed by atoms with E-state index in [4.69, 9.17) is 0 Å². The second kappa shape index (κ2) is 8.13. The minimum Gasteiger partial charge on any atom is -0.356 e. The predicted molar refractivity (Wildman–Crippen MR) is 108 cm³/mol. The number of thioether (sulfide) groups is 1. The zero-order chi connectivity index (χ0) is 19.6. The zero-order valence-electron chi connectivity index (χ0n) is 15.4. The average molecular weight is 408 g/mol. The number of fused-ring (bicyclic) bond motifs is 1. The van der Waals surface area contributed by atoms with Gasteiger partial charge in [-0.25, -0.2) is 9.78 Å². The third-order valence-corrected chi connectivity index (χ3v) is 6.22. The number of hydrogen-bond donors (Lipinski definition) is 1. The normalized spacial score (nSPS) is 11.2. The number of carbonyl (C=O) groups excluding carboxylic acids is 1. The first kappa shape index (κ1) is 19.4. The Morgan fingerprint density at radius 3 is 2.70 bits per heavy atom. The minimum absolute atomic E-state index is 0.0128. The van der Waals surface area contributed by atoms with Crippen molar-refractivity contribution in [1.29, 1.82) is 0 Å². The van der Waals surface area contributed by atoms with Crippen LogP contribution in [0.4, 0.5) is 0 Å². The molecule has 0 aliphatic carbocycles. The smallest absolute Gasteiger partial charge is 0.332 e. The first-order valence-electron chi connectivity index (χ1n) is 8.44. The Morgan fingerprint density at radius 2 is 2.00 bits per heavy atom. The van der Waals surface area contributed by atoms with Crippen LogP contribution >= 0.6 is 23.1 Å². The molecule has 0 saturated heterocycles. The van der Waals surface area contributed by atoms with Crippen molar-refractivity contribution in [2.24, 2.45) is 21.1 Å². The summed E-state index contributed by atoms with van der Waals surface area (Å²) in [4.78, 5) is 41.9. The first-order valence-corrected chi connectivity index (χ1v) is 10.3. The van der Waals surface area contributed by atoms with Crippen LogP contribution in [0.3, 0.4) is 0 Å². The first-order chi connectivity index (χ1) is 12.9. The molecule has 0 aromatic carbocycles. The quantitative estimate of drug-likeness (QED) is 0.587. The highest BCUT2D eigenvalue weighted by Crippen LogP contribution is 2.20. The minimum atomic E-state index is -0.415. The molecule has 0 bridgehead atoms. The highest BCUT2D eigenvalue weighted by atomic mass is 32.2. The van der Waals surface area contributed by atoms with Gasteiger partial charge in [0.1, 0.15) is 0 Å². The van der Waals surface area contributed by atoms with Crippen LogP contribution in [-0.4, -0.2) is 36.9 Å². The van der Waals surface area contributed by atoms with Crippen molar-refractivity contribution in [1.82, 2.24) is 24.0 Å². The van der Waals surface area contributed by atoms with E-state index >= 15 is 0 Å². The summed E-state index contributed by atoms with van der Waals surface area (Å²) in [7, 11) is 4.81. The number of hydrogen-bond acceptors (Lipinski definition) is 6. The van der Waals surface area contributed by atoms with Crippen LogP contribution in [0.15, 0.2) is 32.3 Å². The van der Waals surface area contributed by atoms with Gasteiger partial charge in [0.05, 0.1) is 0 Å². The zero-order valence-corrected chi connectivity index (χ0v) is 17.0. The SMILES string of the molecule is Cn1c(=O)c2nc(SCCC(=O)NCCc3cccs3)n(C)c2n(C)c1=O. The molecule has 3 aromatic heterocycles. The molecule has 3 heterocycles. The average Bonchev–Trinajstić information content (AvgIpc) is 3.27. The lowest BCUT2D eigenvalue weighted by atomic mass is 10.3. The summed E-state index contributed by atoms with van der Waals surface area (Å²) in [5.74, 6) is 0.525. The summed E-state index contributed by atoms with van der Waals surface area (Å²) in [6.07, 6.45) is 1.19. The van der Waals surface area contributed by atoms with Gasteiger partial charge < -0.3 is 9.88 Å². The summed E-state index contributed by atoms with van der Waals surface area (Å²) in [6, 6.07) is 4.05. The lowest BCUT2D eigenvalue weighted by Crippen LogP contribution is -2.37. The van der Waals surface area contributed by atoms with E-state index in [1.54, 1.807) is 30.0 Å². The van der Waals surface area contributed by atoms with Gasteiger partial charge in [-0.1, -0.05) is 17.8 Å². The molecule has 1 N–H and O–H groups in total. The number of amides is 1. The molecule has 10 heteroatoms. The number of rotatable bonds is 7. The van der Waals surface area contributed by atoms with Crippen LogP contribution < -0.4 is 16.6 Å². The van der Waals surface area contributed by atoms with Gasteiger partial charge in [-0.2, -0.15) is 0 Å². The van der Waals surface area contributed by atoms with Crippen LogP contribution in [0, 0.1) is 0 Å². The maximum absolute atomic E-state index is 12.3. The molecule has 3 aromatic rings. The Balaban J connectivity index is 1.60. The summed E-state index contributed by atoms with van der Waals surface area (Å²) in [6.45, 7) is 0.620. The maximum Gasteiger partial charge on any atom is 0.332 e. The molecule has 0 unspecified atom stereocenters. The van der Waals surface area contributed by atoms with Crippen LogP contribution in [0.25, 0.3) is 11.2 Å². The van der Waals surface area contributed by atoms with Crippen molar-refractivity contribution in [3.05, 3.63) is 43.2 Å². The van der Waals surface area contributed by atoms with E-state index in [1.807, 2.05) is 11.4 Å². The highest BCUT2D eigenvalue weighted by molar-refractivity contribution is 7.99. The second-order valence-electron chi connectivity index (χ2n) is 6.11. The fourth-order valence-corrected chi connectivity index (χ4v) is 4.41. The van der Waals surface area contributed by atoms with Crippen molar-refractivity contribution < 1.29 is 4.79 Å². The van der Waals surface area contributed by atoms with E-state index in [0.717, 1.165) is 11.0 Å². The van der Waals surface area contributed by atoms with E-state index in [2.05, 4.69) is 16.4 Å². The van der Waals surface area contributed by atoms with E-state index in [1.165, 1.54) is 28.3 Å². The molecular formula is C17H21N5O3S2. The Hall–Kier alpha value is -2.33. The van der Waals surface area contributed by atoms with Gasteiger partial charge in [0, 0.05) is 44.7 Å². The van der Waals surface area contributed by atoms with Gasteiger partial charge in [0.2, 0.25) is 5.91 Å². The molecule has 0 saturated carbocycles. The maximum atomic E-state index is 12.3. The topological polar surface area (TPSA) is 90.9 Å². The van der Waals surface area contributed by atoms with Crippen molar-refractivity contribution in [3.63, 3.8) is 0 Å². The number of thiophene rings is 1. The largest absolute Gasteiger partial charge is 0.356 e. The molecule has 144 valence electrons. The molecule has 0 fully saturated rings. The fourth-order valence-electron chi connectivity index (χ4n) is 2.79. The molecule has 0 radical (unpaired) electrons. The number of imidazole rings is 1. The van der Waals surface area contributed by atoms with Crippen LogP contribution in [0.1, 0.15) is 11.3 Å². The molecule has 27 heavy (non-hydrogen) atoms. The van der Waals surface area contributed by atoms with Crippen LogP contribution in [0.2, 0.25) is 0 Å². The van der Waals surface area contributed by atoms with E-state index < -0.39 is 11.2 Å². The van der Waals surface area contributed by atoms with Crippen molar-refractivity contribution >= 4 is 40.2 Å². The molecular weight excluding hydrogens is 386 g/mol. The molecule has 0 atom stereocenters. The van der Waals surface area contributed by atoms with Crippen LogP contribution in [-0.2, 0) is 32.4 Å². The van der Waals surface area contributed by atoms with E-state index in [0.29, 0.717) is 29.5 Å². The highest BCUT2D eigenvalue weighted by Gasteiger charge is 2.17. The molecule has 3 rings (SSSR count). The summed E-state index contributed by atoms with van der Waals surface area (Å²) in [5.41, 5.74) is -0.0740.